The van der Waals surface area contributed by atoms with Crippen molar-refractivity contribution in [1.29, 1.82) is 0 Å². The molecular formula is C13H25N3O. The van der Waals surface area contributed by atoms with Crippen LogP contribution in [0.5, 0.6) is 0 Å². The van der Waals surface area contributed by atoms with Gasteiger partial charge >= 0.3 is 0 Å². The number of likely N-dealkylation sites (N-methyl/N-ethyl adjacent to an activating group) is 1. The zero-order chi connectivity index (χ0) is 12.3. The molecule has 1 atom stereocenters. The Morgan fingerprint density at radius 1 is 1.18 bits per heavy atom. The minimum atomic E-state index is 0.361. The van der Waals surface area contributed by atoms with E-state index in [1.54, 1.807) is 0 Å². The number of hydrogen-bond acceptors (Lipinski definition) is 3. The maximum atomic E-state index is 12.2. The van der Waals surface area contributed by atoms with Crippen LogP contribution < -0.4 is 0 Å². The lowest BCUT2D eigenvalue weighted by molar-refractivity contribution is -0.133. The maximum absolute atomic E-state index is 12.2. The lowest BCUT2D eigenvalue weighted by Crippen LogP contribution is -2.49. The highest BCUT2D eigenvalue weighted by molar-refractivity contribution is 5.77. The molecule has 0 aliphatic carbocycles. The van der Waals surface area contributed by atoms with Crippen molar-refractivity contribution in [3.05, 3.63) is 0 Å². The fraction of sp³-hybridized carbons (Fsp3) is 0.923. The van der Waals surface area contributed by atoms with E-state index in [1.807, 2.05) is 0 Å². The molecular weight excluding hydrogens is 214 g/mol. The molecule has 2 rings (SSSR count). The lowest BCUT2D eigenvalue weighted by Gasteiger charge is -2.35. The average molecular weight is 239 g/mol. The van der Waals surface area contributed by atoms with Gasteiger partial charge in [-0.3, -0.25) is 4.79 Å². The fourth-order valence-electron chi connectivity index (χ4n) is 2.88. The quantitative estimate of drug-likeness (QED) is 0.723. The second-order valence-electron chi connectivity index (χ2n) is 5.30. The summed E-state index contributed by atoms with van der Waals surface area (Å²) in [7, 11) is 2.14. The molecule has 17 heavy (non-hydrogen) atoms. The van der Waals surface area contributed by atoms with E-state index in [2.05, 4.69) is 28.7 Å². The molecule has 0 radical (unpaired) electrons. The normalized spacial score (nSPS) is 27.6. The molecule has 0 saturated carbocycles. The van der Waals surface area contributed by atoms with Gasteiger partial charge in [0.05, 0.1) is 0 Å². The highest BCUT2D eigenvalue weighted by Crippen LogP contribution is 2.19. The third-order valence-corrected chi connectivity index (χ3v) is 4.25. The number of carbonyl (C=O) groups excluding carboxylic acids is 1. The monoisotopic (exact) mass is 239 g/mol. The zero-order valence-electron chi connectivity index (χ0n) is 11.2. The van der Waals surface area contributed by atoms with Crippen molar-refractivity contribution in [2.24, 2.45) is 0 Å². The summed E-state index contributed by atoms with van der Waals surface area (Å²) in [6.07, 6.45) is 3.16. The molecule has 0 aromatic carbocycles. The summed E-state index contributed by atoms with van der Waals surface area (Å²) >= 11 is 0. The minimum Gasteiger partial charge on any atom is -0.340 e. The van der Waals surface area contributed by atoms with E-state index >= 15 is 0 Å². The van der Waals surface area contributed by atoms with E-state index in [0.717, 1.165) is 45.7 Å². The van der Waals surface area contributed by atoms with Crippen LogP contribution in [0.3, 0.4) is 0 Å². The predicted molar refractivity (Wildman–Crippen MR) is 69.0 cm³/mol. The average Bonchev–Trinajstić information content (AvgIpc) is 2.75. The molecule has 98 valence electrons. The minimum absolute atomic E-state index is 0.361. The second kappa shape index (κ2) is 5.83. The Morgan fingerprint density at radius 3 is 2.41 bits per heavy atom. The molecule has 1 unspecified atom stereocenters. The van der Waals surface area contributed by atoms with Crippen LogP contribution in [0, 0.1) is 0 Å². The number of hydrogen-bond donors (Lipinski definition) is 0. The fourth-order valence-corrected chi connectivity index (χ4v) is 2.88. The van der Waals surface area contributed by atoms with Crippen molar-refractivity contribution in [2.75, 3.05) is 46.3 Å². The van der Waals surface area contributed by atoms with Gasteiger partial charge in [0.15, 0.2) is 0 Å². The van der Waals surface area contributed by atoms with Gasteiger partial charge < -0.3 is 14.7 Å². The summed E-state index contributed by atoms with van der Waals surface area (Å²) in [4.78, 5) is 19.0. The zero-order valence-corrected chi connectivity index (χ0v) is 11.2. The van der Waals surface area contributed by atoms with Crippen LogP contribution >= 0.6 is 0 Å². The Morgan fingerprint density at radius 2 is 1.88 bits per heavy atom. The van der Waals surface area contributed by atoms with Crippen LogP contribution in [-0.2, 0) is 4.79 Å². The van der Waals surface area contributed by atoms with Crippen molar-refractivity contribution in [2.45, 2.75) is 32.2 Å². The van der Waals surface area contributed by atoms with E-state index in [9.17, 15) is 4.79 Å². The van der Waals surface area contributed by atoms with Crippen molar-refractivity contribution in [3.8, 4) is 0 Å². The maximum Gasteiger partial charge on any atom is 0.224 e. The van der Waals surface area contributed by atoms with Crippen LogP contribution in [0.2, 0.25) is 0 Å². The van der Waals surface area contributed by atoms with Crippen molar-refractivity contribution < 1.29 is 4.79 Å². The highest BCUT2D eigenvalue weighted by Gasteiger charge is 2.27. The number of amides is 1. The van der Waals surface area contributed by atoms with Gasteiger partial charge in [0.2, 0.25) is 5.91 Å². The molecule has 2 aliphatic heterocycles. The first-order valence-corrected chi connectivity index (χ1v) is 6.91. The van der Waals surface area contributed by atoms with Crippen molar-refractivity contribution >= 4 is 5.91 Å². The molecule has 0 spiro atoms. The Labute approximate surface area is 105 Å². The molecule has 1 amide bonds. The SMILES string of the molecule is CCN1CCN(C(=O)CC2CCCN2C)CC1. The first-order chi connectivity index (χ1) is 8.20. The van der Waals surface area contributed by atoms with Crippen LogP contribution in [0.25, 0.3) is 0 Å². The molecule has 0 aromatic heterocycles. The Balaban J connectivity index is 1.77. The Bertz CT molecular complexity index is 261. The molecule has 4 nitrogen and oxygen atoms in total. The van der Waals surface area contributed by atoms with E-state index in [4.69, 9.17) is 0 Å². The van der Waals surface area contributed by atoms with Gasteiger partial charge in [-0.1, -0.05) is 6.92 Å². The topological polar surface area (TPSA) is 26.8 Å². The molecule has 2 heterocycles. The number of nitrogens with zero attached hydrogens (tertiary/aromatic N) is 3. The number of piperazine rings is 1. The number of likely N-dealkylation sites (tertiary alicyclic amines) is 1. The van der Waals surface area contributed by atoms with Gasteiger partial charge in [-0.25, -0.2) is 0 Å². The predicted octanol–water partition coefficient (Wildman–Crippen LogP) is 0.635. The Kier molecular flexibility index (Phi) is 4.40. The molecule has 0 aromatic rings. The lowest BCUT2D eigenvalue weighted by atomic mass is 10.1. The van der Waals surface area contributed by atoms with Gasteiger partial charge in [0, 0.05) is 38.6 Å². The van der Waals surface area contributed by atoms with Gasteiger partial charge in [-0.15, -0.1) is 0 Å². The molecule has 2 aliphatic rings. The third-order valence-electron chi connectivity index (χ3n) is 4.25. The van der Waals surface area contributed by atoms with E-state index in [1.165, 1.54) is 12.8 Å². The van der Waals surface area contributed by atoms with Gasteiger partial charge in [0.1, 0.15) is 0 Å². The summed E-state index contributed by atoms with van der Waals surface area (Å²) in [5.41, 5.74) is 0. The summed E-state index contributed by atoms with van der Waals surface area (Å²) in [6.45, 7) is 8.37. The van der Waals surface area contributed by atoms with Crippen molar-refractivity contribution in [1.82, 2.24) is 14.7 Å². The third kappa shape index (κ3) is 3.19. The second-order valence-corrected chi connectivity index (χ2v) is 5.30. The number of carbonyl (C=O) groups is 1. The smallest absolute Gasteiger partial charge is 0.224 e. The summed E-state index contributed by atoms with van der Waals surface area (Å²) < 4.78 is 0. The first-order valence-electron chi connectivity index (χ1n) is 6.91. The van der Waals surface area contributed by atoms with Crippen LogP contribution in [0.1, 0.15) is 26.2 Å². The molecule has 2 saturated heterocycles. The standard InChI is InChI=1S/C13H25N3O/c1-3-15-7-9-16(10-8-15)13(17)11-12-5-4-6-14(12)2/h12H,3-11H2,1-2H3. The molecule has 4 heteroatoms. The molecule has 2 fully saturated rings. The van der Waals surface area contributed by atoms with Crippen LogP contribution in [0.15, 0.2) is 0 Å². The van der Waals surface area contributed by atoms with E-state index in [0.29, 0.717) is 11.9 Å². The highest BCUT2D eigenvalue weighted by atomic mass is 16.2. The van der Waals surface area contributed by atoms with Gasteiger partial charge in [-0.2, -0.15) is 0 Å². The molecule has 0 bridgehead atoms. The largest absolute Gasteiger partial charge is 0.340 e. The van der Waals surface area contributed by atoms with E-state index < -0.39 is 0 Å². The van der Waals surface area contributed by atoms with E-state index in [-0.39, 0.29) is 0 Å². The van der Waals surface area contributed by atoms with Gasteiger partial charge in [-0.05, 0) is 33.0 Å². The first kappa shape index (κ1) is 12.8. The number of rotatable bonds is 3. The van der Waals surface area contributed by atoms with Gasteiger partial charge in [0.25, 0.3) is 0 Å². The summed E-state index contributed by atoms with van der Waals surface area (Å²) in [5, 5.41) is 0. The Hall–Kier alpha value is -0.610. The summed E-state index contributed by atoms with van der Waals surface area (Å²) in [5.74, 6) is 0.361. The van der Waals surface area contributed by atoms with Crippen LogP contribution in [0.4, 0.5) is 0 Å². The summed E-state index contributed by atoms with van der Waals surface area (Å²) in [6, 6.07) is 0.492. The molecule has 0 N–H and O–H groups in total. The van der Waals surface area contributed by atoms with Crippen LogP contribution in [-0.4, -0.2) is 73.0 Å². The van der Waals surface area contributed by atoms with Crippen molar-refractivity contribution in [3.63, 3.8) is 0 Å².